The van der Waals surface area contributed by atoms with Crippen LogP contribution in [0.25, 0.3) is 0 Å². The number of allylic oxidation sites excluding steroid dienone is 4. The summed E-state index contributed by atoms with van der Waals surface area (Å²) in [6, 6.07) is -1.19. The van der Waals surface area contributed by atoms with Crippen molar-refractivity contribution in [2.45, 2.75) is 255 Å². The van der Waals surface area contributed by atoms with Crippen LogP contribution in [0.1, 0.15) is 200 Å². The Morgan fingerprint density at radius 2 is 1.03 bits per heavy atom. The number of ether oxygens (including phenoxy) is 2. The molecule has 8 N–H and O–H groups in total. The van der Waals surface area contributed by atoms with E-state index in [4.69, 9.17) is 9.47 Å². The van der Waals surface area contributed by atoms with Gasteiger partial charge in [-0.15, -0.1) is 0 Å². The highest BCUT2D eigenvalue weighted by Crippen LogP contribution is 2.23. The number of carbonyl (C=O) groups excluding carboxylic acids is 1. The van der Waals surface area contributed by atoms with Gasteiger partial charge in [0.15, 0.2) is 6.29 Å². The third-order valence-corrected chi connectivity index (χ3v) is 11.5. The molecule has 11 nitrogen and oxygen atoms in total. The molecule has 1 saturated heterocycles. The number of unbranched alkanes of at least 4 members (excludes halogenated alkanes) is 23. The molecule has 342 valence electrons. The van der Waals surface area contributed by atoms with E-state index in [1.807, 2.05) is 0 Å². The van der Waals surface area contributed by atoms with E-state index in [1.54, 1.807) is 0 Å². The summed E-state index contributed by atoms with van der Waals surface area (Å²) in [4.78, 5) is 13.1. The van der Waals surface area contributed by atoms with Crippen LogP contribution in [-0.2, 0) is 14.3 Å². The highest BCUT2D eigenvalue weighted by atomic mass is 16.7. The van der Waals surface area contributed by atoms with Crippen molar-refractivity contribution < 1.29 is 50.0 Å². The summed E-state index contributed by atoms with van der Waals surface area (Å²) in [6.07, 6.45) is 29.4. The molecule has 0 saturated carbocycles. The monoisotopic (exact) mass is 828 g/mol. The average Bonchev–Trinajstić information content (AvgIpc) is 3.22. The van der Waals surface area contributed by atoms with Gasteiger partial charge in [-0.3, -0.25) is 4.79 Å². The average molecular weight is 828 g/mol. The minimum absolute atomic E-state index is 0.248. The molecule has 1 amide bonds. The van der Waals surface area contributed by atoms with Crippen molar-refractivity contribution in [2.24, 2.45) is 0 Å². The first-order valence-electron chi connectivity index (χ1n) is 23.7. The second kappa shape index (κ2) is 37.4. The van der Waals surface area contributed by atoms with Crippen LogP contribution in [-0.4, -0.2) is 110 Å². The van der Waals surface area contributed by atoms with Gasteiger partial charge in [0, 0.05) is 0 Å². The Balaban J connectivity index is 2.48. The second-order valence-corrected chi connectivity index (χ2v) is 16.8. The van der Waals surface area contributed by atoms with Crippen molar-refractivity contribution in [3.8, 4) is 0 Å². The van der Waals surface area contributed by atoms with E-state index in [1.165, 1.54) is 116 Å². The molecule has 9 unspecified atom stereocenters. The van der Waals surface area contributed by atoms with Gasteiger partial charge in [-0.2, -0.15) is 0 Å². The van der Waals surface area contributed by atoms with E-state index in [9.17, 15) is 40.5 Å². The smallest absolute Gasteiger partial charge is 0.249 e. The maximum atomic E-state index is 13.1. The SMILES string of the molecule is CCCCCCCCCCC/C=C/CC/C=C/CCCC(O)C(O)C(COC1OC(CO)C(O)C(O)C1O)NC(=O)C(O)CCCCCCCCCCCCCCC. The first-order valence-corrected chi connectivity index (χ1v) is 23.7. The van der Waals surface area contributed by atoms with Crippen LogP contribution in [0.2, 0.25) is 0 Å². The van der Waals surface area contributed by atoms with Crippen molar-refractivity contribution in [3.05, 3.63) is 24.3 Å². The first kappa shape index (κ1) is 54.6. The third-order valence-electron chi connectivity index (χ3n) is 11.5. The van der Waals surface area contributed by atoms with Gasteiger partial charge in [-0.25, -0.2) is 0 Å². The maximum Gasteiger partial charge on any atom is 0.249 e. The topological polar surface area (TPSA) is 189 Å². The molecule has 58 heavy (non-hydrogen) atoms. The van der Waals surface area contributed by atoms with Crippen LogP contribution in [0.3, 0.4) is 0 Å². The Labute approximate surface area is 353 Å². The van der Waals surface area contributed by atoms with Gasteiger partial charge in [0.05, 0.1) is 25.4 Å². The van der Waals surface area contributed by atoms with Crippen LogP contribution in [0.4, 0.5) is 0 Å². The molecule has 0 aromatic heterocycles. The normalized spacial score (nSPS) is 22.1. The molecule has 9 atom stereocenters. The summed E-state index contributed by atoms with van der Waals surface area (Å²) in [5.41, 5.74) is 0. The lowest BCUT2D eigenvalue weighted by Crippen LogP contribution is -2.60. The van der Waals surface area contributed by atoms with E-state index >= 15 is 0 Å². The molecular formula is C47H89NO10. The van der Waals surface area contributed by atoms with Gasteiger partial charge >= 0.3 is 0 Å². The number of carbonyl (C=O) groups is 1. The lowest BCUT2D eigenvalue weighted by Gasteiger charge is -2.40. The maximum absolute atomic E-state index is 13.1. The zero-order chi connectivity index (χ0) is 42.6. The summed E-state index contributed by atoms with van der Waals surface area (Å²) in [7, 11) is 0. The molecule has 0 aromatic rings. The van der Waals surface area contributed by atoms with Crippen LogP contribution >= 0.6 is 0 Å². The van der Waals surface area contributed by atoms with E-state index in [-0.39, 0.29) is 12.8 Å². The van der Waals surface area contributed by atoms with E-state index in [2.05, 4.69) is 43.5 Å². The minimum Gasteiger partial charge on any atom is -0.394 e. The van der Waals surface area contributed by atoms with Gasteiger partial charge in [0.25, 0.3) is 0 Å². The summed E-state index contributed by atoms with van der Waals surface area (Å²) >= 11 is 0. The molecule has 11 heteroatoms. The molecule has 0 spiro atoms. The van der Waals surface area contributed by atoms with Crippen LogP contribution in [0.5, 0.6) is 0 Å². The van der Waals surface area contributed by atoms with Gasteiger partial charge < -0.3 is 50.5 Å². The van der Waals surface area contributed by atoms with Crippen LogP contribution in [0, 0.1) is 0 Å². The molecule has 1 rings (SSSR count). The van der Waals surface area contributed by atoms with Crippen molar-refractivity contribution in [1.29, 1.82) is 0 Å². The third kappa shape index (κ3) is 26.7. The Morgan fingerprint density at radius 1 is 0.586 bits per heavy atom. The van der Waals surface area contributed by atoms with Crippen molar-refractivity contribution in [2.75, 3.05) is 13.2 Å². The van der Waals surface area contributed by atoms with Crippen molar-refractivity contribution in [1.82, 2.24) is 5.32 Å². The molecule has 0 aromatic carbocycles. The number of rotatable bonds is 39. The Hall–Kier alpha value is -1.41. The number of aliphatic hydroxyl groups is 7. The summed E-state index contributed by atoms with van der Waals surface area (Å²) < 4.78 is 11.1. The van der Waals surface area contributed by atoms with E-state index in [0.717, 1.165) is 38.5 Å². The Kier molecular flexibility index (Phi) is 35.2. The molecular weight excluding hydrogens is 739 g/mol. The van der Waals surface area contributed by atoms with Crippen LogP contribution in [0.15, 0.2) is 24.3 Å². The fraction of sp³-hybridized carbons (Fsp3) is 0.894. The standard InChI is InChI=1S/C47H89NO10/c1-3-5-7-9-11-13-15-17-18-19-20-21-23-24-26-28-30-32-34-39(50)42(52)38(37-57-47-45(55)44(54)43(53)41(36-49)58-47)48-46(56)40(51)35-33-31-29-27-25-22-16-14-12-10-8-6-4-2/h20-21,26,28,38-45,47,49-55H,3-19,22-25,27,29-37H2,1-2H3,(H,48,56)/b21-20+,28-26+. The van der Waals surface area contributed by atoms with Gasteiger partial charge in [0.1, 0.15) is 36.6 Å². The molecule has 1 aliphatic heterocycles. The fourth-order valence-electron chi connectivity index (χ4n) is 7.52. The summed E-state index contributed by atoms with van der Waals surface area (Å²) in [5.74, 6) is -0.710. The molecule has 1 aliphatic rings. The largest absolute Gasteiger partial charge is 0.394 e. The molecule has 0 aliphatic carbocycles. The number of hydrogen-bond acceptors (Lipinski definition) is 10. The second-order valence-electron chi connectivity index (χ2n) is 16.8. The van der Waals surface area contributed by atoms with Gasteiger partial charge in [0.2, 0.25) is 5.91 Å². The Bertz CT molecular complexity index is 997. The Morgan fingerprint density at radius 3 is 1.53 bits per heavy atom. The number of aliphatic hydroxyl groups excluding tert-OH is 7. The number of hydrogen-bond donors (Lipinski definition) is 8. The predicted molar refractivity (Wildman–Crippen MR) is 233 cm³/mol. The van der Waals surface area contributed by atoms with E-state index in [0.29, 0.717) is 19.3 Å². The number of nitrogens with one attached hydrogen (secondary N) is 1. The van der Waals surface area contributed by atoms with E-state index < -0.39 is 74.2 Å². The molecule has 0 radical (unpaired) electrons. The van der Waals surface area contributed by atoms with Crippen LogP contribution < -0.4 is 5.32 Å². The van der Waals surface area contributed by atoms with Gasteiger partial charge in [-0.05, 0) is 51.4 Å². The minimum atomic E-state index is -1.67. The molecule has 1 fully saturated rings. The highest BCUT2D eigenvalue weighted by Gasteiger charge is 2.44. The zero-order valence-electron chi connectivity index (χ0n) is 36.8. The molecule has 0 bridgehead atoms. The predicted octanol–water partition coefficient (Wildman–Crippen LogP) is 7.84. The fourth-order valence-corrected chi connectivity index (χ4v) is 7.52. The quantitative estimate of drug-likeness (QED) is 0.0224. The highest BCUT2D eigenvalue weighted by molar-refractivity contribution is 5.80. The van der Waals surface area contributed by atoms with Crippen molar-refractivity contribution in [3.63, 3.8) is 0 Å². The molecule has 1 heterocycles. The lowest BCUT2D eigenvalue weighted by atomic mass is 9.98. The van der Waals surface area contributed by atoms with Gasteiger partial charge in [-0.1, -0.05) is 173 Å². The lowest BCUT2D eigenvalue weighted by molar-refractivity contribution is -0.303. The summed E-state index contributed by atoms with van der Waals surface area (Å²) in [6.45, 7) is 3.41. The first-order chi connectivity index (χ1) is 28.2. The van der Waals surface area contributed by atoms with Crippen molar-refractivity contribution >= 4 is 5.91 Å². The zero-order valence-corrected chi connectivity index (χ0v) is 36.8. The number of amides is 1. The summed E-state index contributed by atoms with van der Waals surface area (Å²) in [5, 5.41) is 75.6.